The molecule has 1 atom stereocenters. The summed E-state index contributed by atoms with van der Waals surface area (Å²) < 4.78 is 98.0. The number of nitrogens with zero attached hydrogens (tertiary/aromatic N) is 4. The van der Waals surface area contributed by atoms with E-state index in [1.165, 1.54) is 12.1 Å². The molecule has 232 valence electrons. The monoisotopic (exact) mass is 769 g/mol. The first kappa shape index (κ1) is 47.3. The van der Waals surface area contributed by atoms with Crippen LogP contribution in [0, 0.1) is 0 Å². The third-order valence-corrected chi connectivity index (χ3v) is 9.01. The van der Waals surface area contributed by atoms with Crippen molar-refractivity contribution in [3.63, 3.8) is 0 Å². The van der Waals surface area contributed by atoms with E-state index in [1.807, 2.05) is 0 Å². The van der Waals surface area contributed by atoms with Gasteiger partial charge < -0.3 is 40.2 Å². The minimum absolute atomic E-state index is 0. The summed E-state index contributed by atoms with van der Waals surface area (Å²) in [7, 11) is -13.6. The number of sulfonamides is 1. The third kappa shape index (κ3) is 13.7. The molecular weight excluding hydrogens is 754 g/mol. The Hall–Kier alpha value is 0.280. The number of anilines is 5. The molecule has 1 aliphatic rings. The molecule has 0 amide bonds. The SMILES string of the molecule is O=C([O-])c1cc(SOO[O-])ccc1Nc1nc(NCCN2CS2(=O)=O)nc(Nc2cc(S(=O)(=O)[O-])ccc2S(=O)(=O)[O-])n1.[Na+].[Na+].[Na+].[Na+]. The molecule has 0 spiro atoms. The molecule has 3 aromatic rings. The molecular formula is C19H15N7Na4O13S4. The summed E-state index contributed by atoms with van der Waals surface area (Å²) in [5.41, 5.74) is -1.32. The number of benzene rings is 2. The minimum Gasteiger partial charge on any atom is -0.744 e. The van der Waals surface area contributed by atoms with Crippen molar-refractivity contribution in [2.45, 2.75) is 14.7 Å². The number of nitrogens with one attached hydrogen (secondary N) is 3. The van der Waals surface area contributed by atoms with E-state index in [-0.39, 0.29) is 154 Å². The first-order valence-electron chi connectivity index (χ1n) is 11.1. The molecule has 1 aliphatic heterocycles. The van der Waals surface area contributed by atoms with Crippen molar-refractivity contribution >= 4 is 77.5 Å². The predicted molar refractivity (Wildman–Crippen MR) is 137 cm³/mol. The molecule has 0 radical (unpaired) electrons. The fourth-order valence-corrected chi connectivity index (χ4v) is 5.93. The van der Waals surface area contributed by atoms with Crippen molar-refractivity contribution in [3.05, 3.63) is 42.0 Å². The summed E-state index contributed by atoms with van der Waals surface area (Å²) in [5.74, 6) is -3.06. The molecule has 20 nitrogen and oxygen atoms in total. The smallest absolute Gasteiger partial charge is 0.744 e. The number of carboxylic acids is 1. The van der Waals surface area contributed by atoms with Gasteiger partial charge in [-0.3, -0.25) is 5.04 Å². The molecule has 28 heteroatoms. The van der Waals surface area contributed by atoms with Crippen LogP contribution in [0.25, 0.3) is 0 Å². The van der Waals surface area contributed by atoms with Crippen LogP contribution in [0.1, 0.15) is 10.4 Å². The maximum atomic E-state index is 11.8. The van der Waals surface area contributed by atoms with Crippen molar-refractivity contribution in [2.75, 3.05) is 34.9 Å². The molecule has 2 heterocycles. The van der Waals surface area contributed by atoms with E-state index in [1.54, 1.807) is 0 Å². The van der Waals surface area contributed by atoms with Crippen molar-refractivity contribution in [3.8, 4) is 0 Å². The average molecular weight is 770 g/mol. The van der Waals surface area contributed by atoms with Crippen LogP contribution in [-0.2, 0) is 39.6 Å². The summed E-state index contributed by atoms with van der Waals surface area (Å²) in [5, 5.41) is 32.6. The Balaban J connectivity index is 0.00000529. The van der Waals surface area contributed by atoms with Gasteiger partial charge in [-0.05, 0) is 36.4 Å². The fraction of sp³-hybridized carbons (Fsp3) is 0.158. The van der Waals surface area contributed by atoms with Crippen molar-refractivity contribution < 1.29 is 177 Å². The number of carboxylic acid groups (broad SMARTS) is 1. The van der Waals surface area contributed by atoms with Crippen LogP contribution in [0.4, 0.5) is 29.2 Å². The molecule has 4 rings (SSSR count). The summed E-state index contributed by atoms with van der Waals surface area (Å²) in [6, 6.07) is 5.34. The van der Waals surface area contributed by atoms with Gasteiger partial charge in [-0.1, -0.05) is 0 Å². The zero-order chi connectivity index (χ0) is 31.6. The molecule has 47 heavy (non-hydrogen) atoms. The molecule has 0 bridgehead atoms. The van der Waals surface area contributed by atoms with E-state index in [9.17, 15) is 49.5 Å². The minimum atomic E-state index is -5.23. The number of rotatable bonds is 14. The van der Waals surface area contributed by atoms with Gasteiger partial charge in [-0.2, -0.15) is 23.6 Å². The van der Waals surface area contributed by atoms with E-state index in [0.29, 0.717) is 30.2 Å². The Morgan fingerprint density at radius 3 is 1.98 bits per heavy atom. The number of hydrogen-bond donors (Lipinski definition) is 3. The topological polar surface area (TPSA) is 308 Å². The van der Waals surface area contributed by atoms with Gasteiger partial charge in [-0.15, -0.1) is 0 Å². The van der Waals surface area contributed by atoms with Gasteiger partial charge in [0.05, 0.1) is 39.2 Å². The predicted octanol–water partition coefficient (Wildman–Crippen LogP) is -14.2. The number of carbonyl (C=O) groups is 1. The zero-order valence-corrected chi connectivity index (χ0v) is 36.1. The molecule has 1 saturated heterocycles. The van der Waals surface area contributed by atoms with Crippen LogP contribution >= 0.6 is 12.0 Å². The standard InChI is InChI=1S/C19H19N7O13S4.4Na/c27-16(28)12-7-10(40-39-38-29)1-3-13(12)21-18-23-17(20-5-6-26-9-41(26,30)31)24-19(25-18)22-14-8-11(42(32,33)34)2-4-15(14)43(35,36)37;;;;/h1-4,7-8,29H,5-6,9H2,(H,27,28)(H,32,33,34)(H,35,36,37)(H3,20,21,22,23,24,25);;;;/q;4*+1/p-4. The summed E-state index contributed by atoms with van der Waals surface area (Å²) in [4.78, 5) is 22.0. The number of hydrogen-bond acceptors (Lipinski definition) is 20. The maximum absolute atomic E-state index is 11.8. The second-order valence-corrected chi connectivity index (χ2v) is 13.6. The quantitative estimate of drug-likeness (QED) is 0.0342. The largest absolute Gasteiger partial charge is 1.00 e. The average Bonchev–Trinajstić information content (AvgIpc) is 3.52. The van der Waals surface area contributed by atoms with Crippen LogP contribution in [0.15, 0.2) is 51.1 Å². The molecule has 3 N–H and O–H groups in total. The van der Waals surface area contributed by atoms with Crippen LogP contribution < -0.4 is 145 Å². The van der Waals surface area contributed by atoms with E-state index in [0.717, 1.165) is 10.4 Å². The van der Waals surface area contributed by atoms with Gasteiger partial charge in [0.25, 0.3) is 0 Å². The van der Waals surface area contributed by atoms with Gasteiger partial charge in [0.15, 0.2) is 0 Å². The molecule has 0 aliphatic carbocycles. The second kappa shape index (κ2) is 19.8. The molecule has 1 unspecified atom stereocenters. The Morgan fingerprint density at radius 2 is 1.47 bits per heavy atom. The van der Waals surface area contributed by atoms with Crippen molar-refractivity contribution in [2.24, 2.45) is 0 Å². The van der Waals surface area contributed by atoms with Gasteiger partial charge in [-0.25, -0.2) is 25.3 Å². The zero-order valence-electron chi connectivity index (χ0n) is 24.8. The third-order valence-electron chi connectivity index (χ3n) is 5.28. The van der Waals surface area contributed by atoms with Crippen molar-refractivity contribution in [1.82, 2.24) is 19.3 Å². The number of aromatic nitrogens is 3. The Morgan fingerprint density at radius 1 is 0.894 bits per heavy atom. The van der Waals surface area contributed by atoms with Gasteiger partial charge in [0.2, 0.25) is 27.9 Å². The van der Waals surface area contributed by atoms with Gasteiger partial charge in [0, 0.05) is 23.5 Å². The fourth-order valence-electron chi connectivity index (χ4n) is 3.35. The summed E-state index contributed by atoms with van der Waals surface area (Å²) in [6.45, 7) is -0.0329. The number of carbonyl (C=O) groups excluding carboxylic acids is 1. The van der Waals surface area contributed by atoms with Crippen LogP contribution in [0.2, 0.25) is 0 Å². The first-order valence-corrected chi connectivity index (χ1v) is 16.3. The van der Waals surface area contributed by atoms with Gasteiger partial charge in [0.1, 0.15) is 26.1 Å². The van der Waals surface area contributed by atoms with Crippen LogP contribution in [0.3, 0.4) is 0 Å². The van der Waals surface area contributed by atoms with E-state index in [2.05, 4.69) is 40.3 Å². The normalized spacial score (nSPS) is 14.6. The molecule has 2 aromatic carbocycles. The van der Waals surface area contributed by atoms with E-state index >= 15 is 0 Å². The van der Waals surface area contributed by atoms with E-state index < -0.39 is 69.2 Å². The van der Waals surface area contributed by atoms with Crippen LogP contribution in [0.5, 0.6) is 0 Å². The molecule has 0 saturated carbocycles. The molecule has 1 fully saturated rings. The maximum Gasteiger partial charge on any atom is 1.00 e. The van der Waals surface area contributed by atoms with E-state index in [4.69, 9.17) is 0 Å². The Kier molecular flexibility index (Phi) is 19.9. The summed E-state index contributed by atoms with van der Waals surface area (Å²) >= 11 is 0.394. The summed E-state index contributed by atoms with van der Waals surface area (Å²) in [6.07, 6.45) is 0. The second-order valence-electron chi connectivity index (χ2n) is 8.18. The van der Waals surface area contributed by atoms with Crippen molar-refractivity contribution in [1.29, 1.82) is 0 Å². The Bertz CT molecular complexity index is 1910. The molecule has 1 aromatic heterocycles. The van der Waals surface area contributed by atoms with Crippen LogP contribution in [-0.4, -0.2) is 78.6 Å². The Labute approximate surface area is 360 Å². The first-order chi connectivity index (χ1) is 20.1. The number of aromatic carboxylic acids is 1. The van der Waals surface area contributed by atoms with Gasteiger partial charge >= 0.3 is 118 Å².